The predicted octanol–water partition coefficient (Wildman–Crippen LogP) is 2.66. The van der Waals surface area contributed by atoms with Gasteiger partial charge in [-0.05, 0) is 53.6 Å². The molecular weight excluding hydrogens is 308 g/mol. The summed E-state index contributed by atoms with van der Waals surface area (Å²) in [7, 11) is 1.78. The zero-order chi connectivity index (χ0) is 11.0. The van der Waals surface area contributed by atoms with Crippen LogP contribution in [-0.4, -0.2) is 23.9 Å². The number of halogens is 2. The minimum absolute atomic E-state index is 0.0820. The number of hydrogen-bond acceptors (Lipinski definition) is 1. The first-order valence-electron chi connectivity index (χ1n) is 4.82. The maximum absolute atomic E-state index is 13.0. The molecule has 1 aromatic carbocycles. The zero-order valence-electron chi connectivity index (χ0n) is 8.34. The fraction of sp³-hybridized carbons (Fsp3) is 0.364. The molecular formula is C11H11FINO. The topological polar surface area (TPSA) is 20.3 Å². The molecule has 0 bridgehead atoms. The highest BCUT2D eigenvalue weighted by atomic mass is 127. The lowest BCUT2D eigenvalue weighted by molar-refractivity contribution is 0.0783. The second-order valence-electron chi connectivity index (χ2n) is 3.77. The van der Waals surface area contributed by atoms with E-state index >= 15 is 0 Å². The molecule has 1 aliphatic carbocycles. The third kappa shape index (κ3) is 2.30. The second kappa shape index (κ2) is 4.08. The lowest BCUT2D eigenvalue weighted by Crippen LogP contribution is -2.29. The Balaban J connectivity index is 2.27. The van der Waals surface area contributed by atoms with Crippen molar-refractivity contribution in [2.75, 3.05) is 7.05 Å². The van der Waals surface area contributed by atoms with Gasteiger partial charge in [0.15, 0.2) is 0 Å². The van der Waals surface area contributed by atoms with Crippen molar-refractivity contribution in [3.8, 4) is 0 Å². The number of carbonyl (C=O) groups excluding carboxylic acids is 1. The second-order valence-corrected chi connectivity index (χ2v) is 4.93. The summed E-state index contributed by atoms with van der Waals surface area (Å²) in [6.07, 6.45) is 2.13. The molecule has 1 amide bonds. The molecule has 0 heterocycles. The number of amides is 1. The molecule has 0 atom stereocenters. The Hall–Kier alpha value is -0.650. The van der Waals surface area contributed by atoms with Crippen LogP contribution in [0.3, 0.4) is 0 Å². The summed E-state index contributed by atoms with van der Waals surface area (Å²) >= 11 is 2.06. The fourth-order valence-electron chi connectivity index (χ4n) is 1.48. The number of rotatable bonds is 2. The van der Waals surface area contributed by atoms with Crippen LogP contribution in [0.15, 0.2) is 18.2 Å². The molecule has 2 nitrogen and oxygen atoms in total. The van der Waals surface area contributed by atoms with Crippen molar-refractivity contribution in [2.24, 2.45) is 0 Å². The summed E-state index contributed by atoms with van der Waals surface area (Å²) < 4.78 is 13.8. The van der Waals surface area contributed by atoms with Gasteiger partial charge in [0.05, 0.1) is 5.56 Å². The minimum Gasteiger partial charge on any atom is -0.339 e. The van der Waals surface area contributed by atoms with E-state index in [0.717, 1.165) is 16.4 Å². The van der Waals surface area contributed by atoms with E-state index in [0.29, 0.717) is 11.6 Å². The third-order valence-corrected chi connectivity index (χ3v) is 3.51. The Labute approximate surface area is 102 Å². The summed E-state index contributed by atoms with van der Waals surface area (Å²) in [6, 6.07) is 4.67. The van der Waals surface area contributed by atoms with Crippen molar-refractivity contribution < 1.29 is 9.18 Å². The molecule has 0 unspecified atom stereocenters. The highest BCUT2D eigenvalue weighted by molar-refractivity contribution is 14.1. The quantitative estimate of drug-likeness (QED) is 0.768. The van der Waals surface area contributed by atoms with Crippen LogP contribution in [0.5, 0.6) is 0 Å². The van der Waals surface area contributed by atoms with E-state index < -0.39 is 0 Å². The molecule has 1 aromatic rings. The van der Waals surface area contributed by atoms with Gasteiger partial charge in [-0.1, -0.05) is 0 Å². The molecule has 15 heavy (non-hydrogen) atoms. The van der Waals surface area contributed by atoms with Gasteiger partial charge in [0, 0.05) is 16.7 Å². The van der Waals surface area contributed by atoms with Crippen molar-refractivity contribution >= 4 is 28.5 Å². The Bertz CT molecular complexity index is 404. The van der Waals surface area contributed by atoms with Gasteiger partial charge in [-0.3, -0.25) is 4.79 Å². The van der Waals surface area contributed by atoms with Crippen molar-refractivity contribution in [2.45, 2.75) is 18.9 Å². The first kappa shape index (κ1) is 10.9. The molecule has 1 fully saturated rings. The molecule has 0 N–H and O–H groups in total. The van der Waals surface area contributed by atoms with Crippen LogP contribution in [0.1, 0.15) is 23.2 Å². The molecule has 0 aliphatic heterocycles. The lowest BCUT2D eigenvalue weighted by atomic mass is 10.2. The summed E-state index contributed by atoms with van der Waals surface area (Å²) in [6.45, 7) is 0. The number of carbonyl (C=O) groups is 1. The summed E-state index contributed by atoms with van der Waals surface area (Å²) in [5.41, 5.74) is 0.463. The molecule has 2 rings (SSSR count). The van der Waals surface area contributed by atoms with Gasteiger partial charge in [-0.25, -0.2) is 4.39 Å². The van der Waals surface area contributed by atoms with Gasteiger partial charge in [0.1, 0.15) is 5.82 Å². The average Bonchev–Trinajstić information content (AvgIpc) is 3.03. The van der Waals surface area contributed by atoms with Gasteiger partial charge < -0.3 is 4.90 Å². The SMILES string of the molecule is CN(C(=O)c1cc(F)ccc1I)C1CC1. The van der Waals surface area contributed by atoms with E-state index in [9.17, 15) is 9.18 Å². The number of benzene rings is 1. The molecule has 4 heteroatoms. The number of nitrogens with zero attached hydrogens (tertiary/aromatic N) is 1. The van der Waals surface area contributed by atoms with Crippen LogP contribution in [0, 0.1) is 9.39 Å². The van der Waals surface area contributed by atoms with Gasteiger partial charge in [0.25, 0.3) is 5.91 Å². The molecule has 1 saturated carbocycles. The van der Waals surface area contributed by atoms with Crippen LogP contribution in [-0.2, 0) is 0 Å². The predicted molar refractivity (Wildman–Crippen MR) is 64.2 cm³/mol. The van der Waals surface area contributed by atoms with Gasteiger partial charge >= 0.3 is 0 Å². The van der Waals surface area contributed by atoms with Crippen molar-refractivity contribution in [1.29, 1.82) is 0 Å². The monoisotopic (exact) mass is 319 g/mol. The van der Waals surface area contributed by atoms with E-state index in [1.807, 2.05) is 0 Å². The molecule has 1 aliphatic rings. The van der Waals surface area contributed by atoms with Crippen molar-refractivity contribution in [1.82, 2.24) is 4.90 Å². The van der Waals surface area contributed by atoms with Crippen LogP contribution in [0.25, 0.3) is 0 Å². The molecule has 0 spiro atoms. The van der Waals surface area contributed by atoms with E-state index in [1.54, 1.807) is 18.0 Å². The molecule has 0 aromatic heterocycles. The smallest absolute Gasteiger partial charge is 0.255 e. The Morgan fingerprint density at radius 2 is 2.20 bits per heavy atom. The highest BCUT2D eigenvalue weighted by Gasteiger charge is 2.30. The standard InChI is InChI=1S/C11H11FINO/c1-14(8-3-4-8)11(15)9-6-7(12)2-5-10(9)13/h2,5-6,8H,3-4H2,1H3. The lowest BCUT2D eigenvalue weighted by Gasteiger charge is -2.17. The van der Waals surface area contributed by atoms with Crippen molar-refractivity contribution in [3.63, 3.8) is 0 Å². The Morgan fingerprint density at radius 3 is 2.80 bits per heavy atom. The maximum Gasteiger partial charge on any atom is 0.255 e. The first-order valence-corrected chi connectivity index (χ1v) is 5.89. The van der Waals surface area contributed by atoms with Crippen LogP contribution in [0.4, 0.5) is 4.39 Å². The average molecular weight is 319 g/mol. The zero-order valence-corrected chi connectivity index (χ0v) is 10.5. The Kier molecular flexibility index (Phi) is 2.95. The van der Waals surface area contributed by atoms with E-state index in [4.69, 9.17) is 0 Å². The third-order valence-electron chi connectivity index (χ3n) is 2.57. The summed E-state index contributed by atoms with van der Waals surface area (Å²) in [5, 5.41) is 0. The largest absolute Gasteiger partial charge is 0.339 e. The van der Waals surface area contributed by atoms with Gasteiger partial charge in [-0.15, -0.1) is 0 Å². The fourth-order valence-corrected chi connectivity index (χ4v) is 2.05. The molecule has 0 radical (unpaired) electrons. The molecule has 80 valence electrons. The first-order chi connectivity index (χ1) is 7.09. The normalized spacial score (nSPS) is 15.1. The van der Waals surface area contributed by atoms with E-state index in [1.165, 1.54) is 12.1 Å². The highest BCUT2D eigenvalue weighted by Crippen LogP contribution is 2.27. The summed E-state index contributed by atoms with van der Waals surface area (Å²) in [4.78, 5) is 13.7. The summed E-state index contributed by atoms with van der Waals surface area (Å²) in [5.74, 6) is -0.440. The minimum atomic E-state index is -0.358. The van der Waals surface area contributed by atoms with Gasteiger partial charge in [0.2, 0.25) is 0 Å². The van der Waals surface area contributed by atoms with Crippen LogP contribution < -0.4 is 0 Å². The van der Waals surface area contributed by atoms with E-state index in [-0.39, 0.29) is 11.7 Å². The maximum atomic E-state index is 13.0. The Morgan fingerprint density at radius 1 is 1.53 bits per heavy atom. The van der Waals surface area contributed by atoms with Crippen LogP contribution >= 0.6 is 22.6 Å². The van der Waals surface area contributed by atoms with Crippen LogP contribution in [0.2, 0.25) is 0 Å². The van der Waals surface area contributed by atoms with Gasteiger partial charge in [-0.2, -0.15) is 0 Å². The molecule has 0 saturated heterocycles. The number of hydrogen-bond donors (Lipinski definition) is 0. The van der Waals surface area contributed by atoms with Crippen molar-refractivity contribution in [3.05, 3.63) is 33.1 Å². The van der Waals surface area contributed by atoms with E-state index in [2.05, 4.69) is 22.6 Å².